The monoisotopic (exact) mass is 280 g/mol. The number of hydrogen-bond acceptors (Lipinski definition) is 3. The molecule has 19 heavy (non-hydrogen) atoms. The van der Waals surface area contributed by atoms with Gasteiger partial charge in [-0.05, 0) is 37.7 Å². The predicted molar refractivity (Wildman–Crippen MR) is 79.7 cm³/mol. The molecule has 4 heteroatoms. The second-order valence-electron chi connectivity index (χ2n) is 5.57. The summed E-state index contributed by atoms with van der Waals surface area (Å²) in [6, 6.07) is 1.89. The molecule has 0 radical (unpaired) electrons. The van der Waals surface area contributed by atoms with Crippen molar-refractivity contribution in [1.29, 1.82) is 0 Å². The van der Waals surface area contributed by atoms with Crippen LogP contribution >= 0.6 is 12.2 Å². The van der Waals surface area contributed by atoms with Gasteiger partial charge in [0.2, 0.25) is 0 Å². The Bertz CT molecular complexity index is 450. The first kappa shape index (κ1) is 14.7. The molecule has 1 N–H and O–H groups in total. The molecular weight excluding hydrogens is 256 g/mol. The van der Waals surface area contributed by atoms with Crippen LogP contribution in [0.2, 0.25) is 0 Å². The largest absolute Gasteiger partial charge is 0.378 e. The Morgan fingerprint density at radius 2 is 2.11 bits per heavy atom. The molecule has 106 valence electrons. The molecule has 0 bridgehead atoms. The van der Waals surface area contributed by atoms with E-state index >= 15 is 0 Å². The number of hydrogen-bond donors (Lipinski definition) is 1. The lowest BCUT2D eigenvalue weighted by Crippen LogP contribution is -2.16. The van der Waals surface area contributed by atoms with Crippen LogP contribution in [0.4, 0.5) is 0 Å². The van der Waals surface area contributed by atoms with Crippen molar-refractivity contribution in [3.8, 4) is 0 Å². The summed E-state index contributed by atoms with van der Waals surface area (Å²) in [6.45, 7) is 2.85. The van der Waals surface area contributed by atoms with Crippen LogP contribution in [0.5, 0.6) is 0 Å². The summed E-state index contributed by atoms with van der Waals surface area (Å²) in [4.78, 5) is 7.91. The highest BCUT2D eigenvalue weighted by atomic mass is 32.1. The second kappa shape index (κ2) is 7.15. The average Bonchev–Trinajstić information content (AvgIpc) is 2.40. The molecule has 2 rings (SSSR count). The van der Waals surface area contributed by atoms with E-state index in [1.807, 2.05) is 6.07 Å². The molecule has 0 spiro atoms. The van der Waals surface area contributed by atoms with Gasteiger partial charge in [-0.1, -0.05) is 32.0 Å². The van der Waals surface area contributed by atoms with Crippen molar-refractivity contribution < 1.29 is 4.74 Å². The second-order valence-corrected chi connectivity index (χ2v) is 5.99. The van der Waals surface area contributed by atoms with Crippen LogP contribution in [0.3, 0.4) is 0 Å². The first-order valence-corrected chi connectivity index (χ1v) is 7.72. The molecule has 1 aliphatic carbocycles. The first-order valence-electron chi connectivity index (χ1n) is 7.32. The molecule has 1 aromatic heterocycles. The topological polar surface area (TPSA) is 37.9 Å². The van der Waals surface area contributed by atoms with E-state index in [1.54, 1.807) is 7.11 Å². The Morgan fingerprint density at radius 3 is 2.74 bits per heavy atom. The summed E-state index contributed by atoms with van der Waals surface area (Å²) in [6.07, 6.45) is 7.81. The van der Waals surface area contributed by atoms with Crippen LogP contribution in [-0.4, -0.2) is 17.1 Å². The average molecular weight is 280 g/mol. The number of aromatic amines is 1. The zero-order valence-corrected chi connectivity index (χ0v) is 12.8. The quantitative estimate of drug-likeness (QED) is 0.814. The van der Waals surface area contributed by atoms with Gasteiger partial charge in [0.1, 0.15) is 10.5 Å². The number of H-pyrrole nitrogens is 1. The standard InChI is InChI=1S/C15H24N2OS/c1-3-4-11-5-7-12(8-6-11)15-16-13(10-18-2)9-14(19)17-15/h9,11-12H,3-8,10H2,1-2H3,(H,16,17,19). The zero-order valence-electron chi connectivity index (χ0n) is 11.9. The summed E-state index contributed by atoms with van der Waals surface area (Å²) in [7, 11) is 1.70. The maximum absolute atomic E-state index is 5.25. The minimum atomic E-state index is 0.548. The van der Waals surface area contributed by atoms with E-state index in [1.165, 1.54) is 38.5 Å². The molecule has 0 aromatic carbocycles. The number of methoxy groups -OCH3 is 1. The van der Waals surface area contributed by atoms with Gasteiger partial charge in [0.05, 0.1) is 6.61 Å². The van der Waals surface area contributed by atoms with E-state index in [2.05, 4.69) is 16.9 Å². The van der Waals surface area contributed by atoms with Gasteiger partial charge in [-0.25, -0.2) is 4.98 Å². The van der Waals surface area contributed by atoms with Crippen molar-refractivity contribution in [3.63, 3.8) is 0 Å². The van der Waals surface area contributed by atoms with E-state index in [4.69, 9.17) is 17.0 Å². The van der Waals surface area contributed by atoms with E-state index in [-0.39, 0.29) is 0 Å². The highest BCUT2D eigenvalue weighted by Gasteiger charge is 2.23. The molecule has 3 nitrogen and oxygen atoms in total. The normalized spacial score (nSPS) is 23.5. The maximum atomic E-state index is 5.25. The van der Waals surface area contributed by atoms with Crippen molar-refractivity contribution in [2.45, 2.75) is 58.0 Å². The molecule has 1 fully saturated rings. The molecule has 1 saturated carbocycles. The highest BCUT2D eigenvalue weighted by Crippen LogP contribution is 2.36. The third kappa shape index (κ3) is 4.11. The number of rotatable bonds is 5. The number of nitrogens with one attached hydrogen (secondary N) is 1. The molecule has 1 heterocycles. The van der Waals surface area contributed by atoms with Crippen LogP contribution < -0.4 is 0 Å². The van der Waals surface area contributed by atoms with E-state index in [0.717, 1.165) is 17.4 Å². The minimum Gasteiger partial charge on any atom is -0.378 e. The van der Waals surface area contributed by atoms with Crippen LogP contribution in [-0.2, 0) is 11.3 Å². The first-order chi connectivity index (χ1) is 9.22. The van der Waals surface area contributed by atoms with Crippen LogP contribution in [0.25, 0.3) is 0 Å². The third-order valence-electron chi connectivity index (χ3n) is 4.05. The lowest BCUT2D eigenvalue weighted by Gasteiger charge is -2.27. The molecule has 0 saturated heterocycles. The lowest BCUT2D eigenvalue weighted by molar-refractivity contribution is 0.180. The zero-order chi connectivity index (χ0) is 13.7. The van der Waals surface area contributed by atoms with Crippen LogP contribution in [0.15, 0.2) is 6.07 Å². The molecule has 0 unspecified atom stereocenters. The molecule has 1 aliphatic rings. The SMILES string of the molecule is CCCC1CCC(c2nc(=S)cc(COC)[nH]2)CC1. The Hall–Kier alpha value is -0.740. The molecule has 1 aromatic rings. The van der Waals surface area contributed by atoms with Crippen molar-refractivity contribution in [2.75, 3.05) is 7.11 Å². The Morgan fingerprint density at radius 1 is 1.37 bits per heavy atom. The predicted octanol–water partition coefficient (Wildman–Crippen LogP) is 4.36. The van der Waals surface area contributed by atoms with Gasteiger partial charge in [0.15, 0.2) is 0 Å². The Labute approximate surface area is 120 Å². The van der Waals surface area contributed by atoms with Gasteiger partial charge in [-0.3, -0.25) is 0 Å². The highest BCUT2D eigenvalue weighted by molar-refractivity contribution is 7.71. The fraction of sp³-hybridized carbons (Fsp3) is 0.733. The number of nitrogens with zero attached hydrogens (tertiary/aromatic N) is 1. The summed E-state index contributed by atoms with van der Waals surface area (Å²) in [5.74, 6) is 2.53. The fourth-order valence-corrected chi connectivity index (χ4v) is 3.33. The van der Waals surface area contributed by atoms with E-state index < -0.39 is 0 Å². The van der Waals surface area contributed by atoms with Crippen molar-refractivity contribution >= 4 is 12.2 Å². The maximum Gasteiger partial charge on any atom is 0.130 e. The molecule has 0 amide bonds. The van der Waals surface area contributed by atoms with Gasteiger partial charge in [0, 0.05) is 18.7 Å². The van der Waals surface area contributed by atoms with Crippen LogP contribution in [0, 0.1) is 10.6 Å². The summed E-state index contributed by atoms with van der Waals surface area (Å²) < 4.78 is 5.85. The summed E-state index contributed by atoms with van der Waals surface area (Å²) in [5, 5.41) is 0. The lowest BCUT2D eigenvalue weighted by atomic mass is 9.80. The molecule has 0 atom stereocenters. The Balaban J connectivity index is 2.04. The van der Waals surface area contributed by atoms with Gasteiger partial charge in [0.25, 0.3) is 0 Å². The van der Waals surface area contributed by atoms with E-state index in [0.29, 0.717) is 17.2 Å². The van der Waals surface area contributed by atoms with E-state index in [9.17, 15) is 0 Å². The molecular formula is C15H24N2OS. The molecule has 0 aliphatic heterocycles. The Kier molecular flexibility index (Phi) is 5.52. The summed E-state index contributed by atoms with van der Waals surface area (Å²) >= 11 is 5.25. The minimum absolute atomic E-state index is 0.548. The van der Waals surface area contributed by atoms with Gasteiger partial charge in [-0.15, -0.1) is 0 Å². The van der Waals surface area contributed by atoms with Crippen molar-refractivity contribution in [1.82, 2.24) is 9.97 Å². The number of aromatic nitrogens is 2. The third-order valence-corrected chi connectivity index (χ3v) is 4.26. The smallest absolute Gasteiger partial charge is 0.130 e. The van der Waals surface area contributed by atoms with Gasteiger partial charge < -0.3 is 9.72 Å². The van der Waals surface area contributed by atoms with Gasteiger partial charge in [-0.2, -0.15) is 0 Å². The van der Waals surface area contributed by atoms with Gasteiger partial charge >= 0.3 is 0 Å². The van der Waals surface area contributed by atoms with Crippen molar-refractivity contribution in [3.05, 3.63) is 22.2 Å². The van der Waals surface area contributed by atoms with Crippen molar-refractivity contribution in [2.24, 2.45) is 5.92 Å². The fourth-order valence-electron chi connectivity index (χ4n) is 3.09. The summed E-state index contributed by atoms with van der Waals surface area (Å²) in [5.41, 5.74) is 1.04. The number of ether oxygens (including phenoxy) is 1. The van der Waals surface area contributed by atoms with Crippen LogP contribution in [0.1, 0.15) is 62.9 Å².